The molecule has 8 heteroatoms. The maximum atomic E-state index is 12.2. The van der Waals surface area contributed by atoms with Gasteiger partial charge >= 0.3 is 12.4 Å². The molecule has 0 aliphatic rings. The molecule has 0 aliphatic carbocycles. The van der Waals surface area contributed by atoms with Crippen LogP contribution in [-0.4, -0.2) is 4.98 Å². The molecule has 0 saturated carbocycles. The monoisotopic (exact) mass is 341 g/mol. The number of alkyl halides is 6. The predicted molar refractivity (Wildman–Crippen MR) is 47.0 cm³/mol. The maximum absolute atomic E-state index is 12.2. The summed E-state index contributed by atoms with van der Waals surface area (Å²) in [4.78, 5) is 2.89. The number of pyridine rings is 1. The van der Waals surface area contributed by atoms with Crippen molar-refractivity contribution in [2.75, 3.05) is 0 Å². The number of aromatic nitrogens is 1. The van der Waals surface area contributed by atoms with Crippen molar-refractivity contribution in [3.8, 4) is 0 Å². The van der Waals surface area contributed by atoms with Crippen LogP contribution in [0.5, 0.6) is 0 Å². The van der Waals surface area contributed by atoms with Gasteiger partial charge in [0.1, 0.15) is 5.69 Å². The van der Waals surface area contributed by atoms with Crippen LogP contribution in [0.2, 0.25) is 0 Å². The van der Waals surface area contributed by atoms with Crippen LogP contribution in [0.1, 0.15) is 11.3 Å². The van der Waals surface area contributed by atoms with E-state index in [9.17, 15) is 26.3 Å². The first-order chi connectivity index (χ1) is 6.62. The average molecular weight is 341 g/mol. The summed E-state index contributed by atoms with van der Waals surface area (Å²) in [5.74, 6) is 0. The molecule has 0 aromatic carbocycles. The van der Waals surface area contributed by atoms with Gasteiger partial charge in [0.05, 0.1) is 5.56 Å². The fraction of sp³-hybridized carbons (Fsp3) is 0.286. The molecule has 1 aromatic heterocycles. The standard InChI is InChI=1S/C7H2F6IN/c8-6(9,10)3-1-5(7(11,12)13)15-2-4(3)14/h1-2H. The molecule has 0 bridgehead atoms. The van der Waals surface area contributed by atoms with Gasteiger partial charge in [0, 0.05) is 9.77 Å². The Labute approximate surface area is 93.6 Å². The zero-order valence-corrected chi connectivity index (χ0v) is 8.91. The van der Waals surface area contributed by atoms with Crippen molar-refractivity contribution in [1.29, 1.82) is 0 Å². The molecular formula is C7H2F6IN. The Balaban J connectivity index is 3.30. The molecule has 0 fully saturated rings. The molecule has 0 saturated heterocycles. The first-order valence-corrected chi connectivity index (χ1v) is 4.50. The summed E-state index contributed by atoms with van der Waals surface area (Å²) in [5.41, 5.74) is -2.87. The zero-order valence-electron chi connectivity index (χ0n) is 6.75. The molecule has 1 nitrogen and oxygen atoms in total. The number of hydrogen-bond donors (Lipinski definition) is 0. The predicted octanol–water partition coefficient (Wildman–Crippen LogP) is 3.72. The van der Waals surface area contributed by atoms with E-state index < -0.39 is 23.6 Å². The number of rotatable bonds is 0. The van der Waals surface area contributed by atoms with Crippen molar-refractivity contribution >= 4 is 22.6 Å². The van der Waals surface area contributed by atoms with E-state index in [0.29, 0.717) is 6.20 Å². The van der Waals surface area contributed by atoms with Crippen LogP contribution in [0.25, 0.3) is 0 Å². The van der Waals surface area contributed by atoms with E-state index in [1.54, 1.807) is 0 Å². The quantitative estimate of drug-likeness (QED) is 0.518. The summed E-state index contributed by atoms with van der Waals surface area (Å²) in [6.07, 6.45) is -9.13. The van der Waals surface area contributed by atoms with Crippen LogP contribution in [0.4, 0.5) is 26.3 Å². The van der Waals surface area contributed by atoms with Crippen LogP contribution in [-0.2, 0) is 12.4 Å². The summed E-state index contributed by atoms with van der Waals surface area (Å²) in [5, 5.41) is 0. The number of nitrogens with zero attached hydrogens (tertiary/aromatic N) is 1. The second-order valence-corrected chi connectivity index (χ2v) is 3.71. The first kappa shape index (κ1) is 12.5. The van der Waals surface area contributed by atoms with Gasteiger partial charge in [-0.2, -0.15) is 26.3 Å². The normalized spacial score (nSPS) is 13.0. The largest absolute Gasteiger partial charge is 0.433 e. The summed E-state index contributed by atoms with van der Waals surface area (Å²) < 4.78 is 72.4. The molecule has 0 spiro atoms. The van der Waals surface area contributed by atoms with E-state index in [0.717, 1.165) is 0 Å². The van der Waals surface area contributed by atoms with E-state index >= 15 is 0 Å². The summed E-state index contributed by atoms with van der Waals surface area (Å²) in [7, 11) is 0. The van der Waals surface area contributed by atoms with E-state index in [-0.39, 0.29) is 9.64 Å². The zero-order chi connectivity index (χ0) is 11.9. The minimum Gasteiger partial charge on any atom is -0.251 e. The maximum Gasteiger partial charge on any atom is 0.433 e. The molecule has 0 N–H and O–H groups in total. The van der Waals surface area contributed by atoms with Crippen LogP contribution >= 0.6 is 22.6 Å². The summed E-state index contributed by atoms with van der Waals surface area (Å²) >= 11 is 1.28. The van der Waals surface area contributed by atoms with Crippen molar-refractivity contribution < 1.29 is 26.3 Å². The third-order valence-corrected chi connectivity index (χ3v) is 2.31. The third kappa shape index (κ3) is 2.95. The molecule has 0 unspecified atom stereocenters. The fourth-order valence-corrected chi connectivity index (χ4v) is 1.41. The van der Waals surface area contributed by atoms with Crippen molar-refractivity contribution in [3.05, 3.63) is 27.1 Å². The highest BCUT2D eigenvalue weighted by Gasteiger charge is 2.38. The Morgan fingerprint density at radius 2 is 1.53 bits per heavy atom. The van der Waals surface area contributed by atoms with Gasteiger partial charge < -0.3 is 0 Å². The van der Waals surface area contributed by atoms with Gasteiger partial charge in [-0.25, -0.2) is 0 Å². The molecule has 1 aromatic rings. The minimum atomic E-state index is -4.87. The van der Waals surface area contributed by atoms with Gasteiger partial charge in [-0.15, -0.1) is 0 Å². The fourth-order valence-electron chi connectivity index (χ4n) is 0.811. The molecule has 1 heterocycles. The van der Waals surface area contributed by atoms with Gasteiger partial charge in [-0.05, 0) is 28.7 Å². The molecule has 84 valence electrons. The van der Waals surface area contributed by atoms with Gasteiger partial charge in [0.15, 0.2) is 0 Å². The molecule has 0 amide bonds. The third-order valence-electron chi connectivity index (χ3n) is 1.45. The Hall–Kier alpha value is -0.540. The van der Waals surface area contributed by atoms with Crippen molar-refractivity contribution in [2.24, 2.45) is 0 Å². The van der Waals surface area contributed by atoms with Gasteiger partial charge in [-0.1, -0.05) is 0 Å². The SMILES string of the molecule is FC(F)(F)c1cc(C(F)(F)F)c(I)cn1. The Kier molecular flexibility index (Phi) is 3.17. The minimum absolute atomic E-state index is 0.00176. The summed E-state index contributed by atoms with van der Waals surface area (Å²) in [6, 6.07) is 0.00176. The lowest BCUT2D eigenvalue weighted by Crippen LogP contribution is -2.14. The molecule has 15 heavy (non-hydrogen) atoms. The molecular weight excluding hydrogens is 339 g/mol. The Bertz CT molecular complexity index is 369. The lowest BCUT2D eigenvalue weighted by Gasteiger charge is -2.11. The number of hydrogen-bond acceptors (Lipinski definition) is 1. The van der Waals surface area contributed by atoms with Gasteiger partial charge in [-0.3, -0.25) is 4.98 Å². The van der Waals surface area contributed by atoms with Crippen molar-refractivity contribution in [3.63, 3.8) is 0 Å². The lowest BCUT2D eigenvalue weighted by atomic mass is 10.2. The van der Waals surface area contributed by atoms with Crippen LogP contribution in [0, 0.1) is 3.57 Å². The van der Waals surface area contributed by atoms with Gasteiger partial charge in [0.2, 0.25) is 0 Å². The Morgan fingerprint density at radius 3 is 1.93 bits per heavy atom. The Morgan fingerprint density at radius 1 is 1.00 bits per heavy atom. The average Bonchev–Trinajstić information content (AvgIpc) is 2.00. The van der Waals surface area contributed by atoms with Crippen LogP contribution in [0.15, 0.2) is 12.3 Å². The highest BCUT2D eigenvalue weighted by Crippen LogP contribution is 2.36. The number of halogens is 7. The highest BCUT2D eigenvalue weighted by atomic mass is 127. The van der Waals surface area contributed by atoms with E-state index in [4.69, 9.17) is 0 Å². The van der Waals surface area contributed by atoms with Gasteiger partial charge in [0.25, 0.3) is 0 Å². The second-order valence-electron chi connectivity index (χ2n) is 2.54. The van der Waals surface area contributed by atoms with E-state index in [2.05, 4.69) is 4.98 Å². The lowest BCUT2D eigenvalue weighted by molar-refractivity contribution is -0.145. The van der Waals surface area contributed by atoms with Crippen molar-refractivity contribution in [2.45, 2.75) is 12.4 Å². The summed E-state index contributed by atoms with van der Waals surface area (Å²) in [6.45, 7) is 0. The topological polar surface area (TPSA) is 12.9 Å². The highest BCUT2D eigenvalue weighted by molar-refractivity contribution is 14.1. The molecule has 0 aliphatic heterocycles. The molecule has 1 rings (SSSR count). The van der Waals surface area contributed by atoms with Crippen LogP contribution in [0.3, 0.4) is 0 Å². The second kappa shape index (κ2) is 3.80. The van der Waals surface area contributed by atoms with E-state index in [1.165, 1.54) is 22.6 Å². The van der Waals surface area contributed by atoms with Crippen LogP contribution < -0.4 is 0 Å². The molecule has 0 atom stereocenters. The molecule has 0 radical (unpaired) electrons. The first-order valence-electron chi connectivity index (χ1n) is 3.42. The van der Waals surface area contributed by atoms with E-state index in [1.807, 2.05) is 0 Å². The van der Waals surface area contributed by atoms with Crippen molar-refractivity contribution in [1.82, 2.24) is 4.98 Å². The smallest absolute Gasteiger partial charge is 0.251 e.